The molecule has 0 aliphatic carbocycles. The Bertz CT molecular complexity index is 269. The van der Waals surface area contributed by atoms with Crippen molar-refractivity contribution < 1.29 is 13.6 Å². The topological polar surface area (TPSA) is 38.8 Å². The SMILES string of the molecule is CCOP(=O)(OCC)C(=S)N1CCCCC1. The lowest BCUT2D eigenvalue weighted by Gasteiger charge is -2.31. The lowest BCUT2D eigenvalue weighted by molar-refractivity contribution is 0.227. The molecule has 0 saturated carbocycles. The highest BCUT2D eigenvalue weighted by Crippen LogP contribution is 2.51. The summed E-state index contributed by atoms with van der Waals surface area (Å²) in [6.07, 6.45) is 3.41. The zero-order valence-electron chi connectivity index (χ0n) is 9.98. The van der Waals surface area contributed by atoms with E-state index in [1.807, 2.05) is 4.90 Å². The van der Waals surface area contributed by atoms with Crippen LogP contribution in [0.25, 0.3) is 0 Å². The minimum absolute atomic E-state index is 0.352. The van der Waals surface area contributed by atoms with E-state index in [1.54, 1.807) is 13.8 Å². The first-order chi connectivity index (χ1) is 7.64. The maximum absolute atomic E-state index is 12.4. The lowest BCUT2D eigenvalue weighted by atomic mass is 10.1. The van der Waals surface area contributed by atoms with Crippen LogP contribution in [0.4, 0.5) is 0 Å². The molecular formula is C10H20NO3PS. The molecule has 0 aromatic carbocycles. The van der Waals surface area contributed by atoms with Crippen LogP contribution in [0, 0.1) is 0 Å². The highest BCUT2D eigenvalue weighted by Gasteiger charge is 2.34. The average Bonchev–Trinajstić information content (AvgIpc) is 2.30. The number of thiocarbonyl (C=S) groups is 1. The van der Waals surface area contributed by atoms with Crippen molar-refractivity contribution in [3.63, 3.8) is 0 Å². The van der Waals surface area contributed by atoms with Gasteiger partial charge >= 0.3 is 7.60 Å². The second-order valence-electron chi connectivity index (χ2n) is 3.66. The van der Waals surface area contributed by atoms with E-state index >= 15 is 0 Å². The maximum atomic E-state index is 12.4. The summed E-state index contributed by atoms with van der Waals surface area (Å²) >= 11 is 5.25. The van der Waals surface area contributed by atoms with Crippen LogP contribution in [0.3, 0.4) is 0 Å². The fourth-order valence-electron chi connectivity index (χ4n) is 1.75. The van der Waals surface area contributed by atoms with Crippen LogP contribution in [0.5, 0.6) is 0 Å². The molecule has 1 rings (SSSR count). The lowest BCUT2D eigenvalue weighted by Crippen LogP contribution is -2.35. The van der Waals surface area contributed by atoms with E-state index in [4.69, 9.17) is 21.3 Å². The molecule has 0 aromatic rings. The van der Waals surface area contributed by atoms with Crippen LogP contribution in [0.1, 0.15) is 33.1 Å². The molecule has 1 heterocycles. The Labute approximate surface area is 103 Å². The van der Waals surface area contributed by atoms with Gasteiger partial charge in [-0.15, -0.1) is 0 Å². The molecule has 1 saturated heterocycles. The summed E-state index contributed by atoms with van der Waals surface area (Å²) < 4.78 is 23.2. The first-order valence-corrected chi connectivity index (χ1v) is 7.77. The van der Waals surface area contributed by atoms with Gasteiger partial charge in [0.05, 0.1) is 13.2 Å². The van der Waals surface area contributed by atoms with E-state index in [0.717, 1.165) is 25.9 Å². The summed E-state index contributed by atoms with van der Waals surface area (Å²) in [6, 6.07) is 0. The van der Waals surface area contributed by atoms with Gasteiger partial charge in [0, 0.05) is 13.1 Å². The molecule has 4 nitrogen and oxygen atoms in total. The normalized spacial score (nSPS) is 17.5. The summed E-state index contributed by atoms with van der Waals surface area (Å²) in [5.41, 5.74) is 0. The highest BCUT2D eigenvalue weighted by molar-refractivity contribution is 7.97. The van der Waals surface area contributed by atoms with Gasteiger partial charge < -0.3 is 13.9 Å². The Morgan fingerprint density at radius 1 is 1.19 bits per heavy atom. The van der Waals surface area contributed by atoms with Crippen molar-refractivity contribution in [2.75, 3.05) is 26.3 Å². The van der Waals surface area contributed by atoms with Crippen LogP contribution < -0.4 is 0 Å². The van der Waals surface area contributed by atoms with Crippen LogP contribution in [-0.2, 0) is 13.6 Å². The van der Waals surface area contributed by atoms with Crippen LogP contribution in [0.15, 0.2) is 0 Å². The number of hydrogen-bond donors (Lipinski definition) is 0. The molecule has 0 N–H and O–H groups in total. The quantitative estimate of drug-likeness (QED) is 0.564. The summed E-state index contributed by atoms with van der Waals surface area (Å²) in [5.74, 6) is 0. The molecular weight excluding hydrogens is 245 g/mol. The van der Waals surface area contributed by atoms with Crippen molar-refractivity contribution in [3.8, 4) is 0 Å². The number of nitrogens with zero attached hydrogens (tertiary/aromatic N) is 1. The Balaban J connectivity index is 2.69. The Morgan fingerprint density at radius 2 is 1.69 bits per heavy atom. The molecule has 0 unspecified atom stereocenters. The number of likely N-dealkylation sites (tertiary alicyclic amines) is 1. The van der Waals surface area contributed by atoms with Crippen molar-refractivity contribution in [3.05, 3.63) is 0 Å². The first-order valence-electron chi connectivity index (χ1n) is 5.82. The minimum atomic E-state index is -3.22. The number of rotatable bonds is 5. The highest BCUT2D eigenvalue weighted by atomic mass is 32.1. The smallest absolute Gasteiger partial charge is 0.356 e. The standard InChI is InChI=1S/C10H20NO3PS/c1-3-13-15(12,14-4-2)10(16)11-8-6-5-7-9-11/h3-9H2,1-2H3. The van der Waals surface area contributed by atoms with Gasteiger partial charge in [-0.1, -0.05) is 12.2 Å². The number of hydrogen-bond acceptors (Lipinski definition) is 4. The first kappa shape index (κ1) is 14.1. The fourth-order valence-corrected chi connectivity index (χ4v) is 3.77. The molecule has 0 radical (unpaired) electrons. The Kier molecular flexibility index (Phi) is 5.90. The van der Waals surface area contributed by atoms with Crippen molar-refractivity contribution in [1.82, 2.24) is 4.90 Å². The largest absolute Gasteiger partial charge is 0.388 e. The fraction of sp³-hybridized carbons (Fsp3) is 0.900. The van der Waals surface area contributed by atoms with E-state index < -0.39 is 7.60 Å². The van der Waals surface area contributed by atoms with Crippen molar-refractivity contribution in [1.29, 1.82) is 0 Å². The molecule has 94 valence electrons. The molecule has 0 amide bonds. The van der Waals surface area contributed by atoms with Crippen molar-refractivity contribution in [2.45, 2.75) is 33.1 Å². The van der Waals surface area contributed by atoms with Gasteiger partial charge in [0.2, 0.25) is 0 Å². The third-order valence-electron chi connectivity index (χ3n) is 2.46. The van der Waals surface area contributed by atoms with Gasteiger partial charge in [0.1, 0.15) is 0 Å². The Hall–Kier alpha value is 0.0400. The van der Waals surface area contributed by atoms with Gasteiger partial charge in [-0.25, -0.2) is 0 Å². The second kappa shape index (κ2) is 6.70. The van der Waals surface area contributed by atoms with Crippen LogP contribution >= 0.6 is 19.8 Å². The zero-order chi connectivity index (χ0) is 12.0. The second-order valence-corrected chi connectivity index (χ2v) is 6.29. The minimum Gasteiger partial charge on any atom is -0.356 e. The zero-order valence-corrected chi connectivity index (χ0v) is 11.7. The molecule has 1 aliphatic heterocycles. The van der Waals surface area contributed by atoms with E-state index in [-0.39, 0.29) is 0 Å². The summed E-state index contributed by atoms with van der Waals surface area (Å²) in [4.78, 5) is 1.96. The third kappa shape index (κ3) is 3.52. The van der Waals surface area contributed by atoms with Crippen molar-refractivity contribution >= 4 is 24.5 Å². The molecule has 1 aliphatic rings. The third-order valence-corrected chi connectivity index (χ3v) is 5.34. The molecule has 0 aromatic heterocycles. The van der Waals surface area contributed by atoms with Gasteiger partial charge in [-0.3, -0.25) is 4.57 Å². The van der Waals surface area contributed by atoms with Crippen molar-refractivity contribution in [2.24, 2.45) is 0 Å². The monoisotopic (exact) mass is 265 g/mol. The summed E-state index contributed by atoms with van der Waals surface area (Å²) in [6.45, 7) is 6.03. The van der Waals surface area contributed by atoms with Gasteiger partial charge in [-0.2, -0.15) is 0 Å². The van der Waals surface area contributed by atoms with Gasteiger partial charge in [0.25, 0.3) is 0 Å². The average molecular weight is 265 g/mol. The van der Waals surface area contributed by atoms with E-state index in [9.17, 15) is 4.57 Å². The Morgan fingerprint density at radius 3 is 2.12 bits per heavy atom. The predicted octanol–water partition coefficient (Wildman–Crippen LogP) is 3.02. The summed E-state index contributed by atoms with van der Waals surface area (Å²) in [5, 5.41) is 0. The molecule has 6 heteroatoms. The van der Waals surface area contributed by atoms with Crippen LogP contribution in [-0.4, -0.2) is 35.9 Å². The van der Waals surface area contributed by atoms with Gasteiger partial charge in [0.15, 0.2) is 4.73 Å². The van der Waals surface area contributed by atoms with Gasteiger partial charge in [-0.05, 0) is 33.1 Å². The van der Waals surface area contributed by atoms with Crippen LogP contribution in [0.2, 0.25) is 0 Å². The predicted molar refractivity (Wildman–Crippen MR) is 68.9 cm³/mol. The van der Waals surface area contributed by atoms with E-state index in [1.165, 1.54) is 6.42 Å². The van der Waals surface area contributed by atoms with E-state index in [0.29, 0.717) is 17.9 Å². The molecule has 0 spiro atoms. The molecule has 0 bridgehead atoms. The summed E-state index contributed by atoms with van der Waals surface area (Å²) in [7, 11) is -3.22. The van der Waals surface area contributed by atoms with E-state index in [2.05, 4.69) is 0 Å². The number of piperidine rings is 1. The molecule has 16 heavy (non-hydrogen) atoms. The maximum Gasteiger partial charge on any atom is 0.388 e. The molecule has 0 atom stereocenters. The molecule has 1 fully saturated rings.